The van der Waals surface area contributed by atoms with Crippen molar-refractivity contribution in [3.63, 3.8) is 0 Å². The predicted octanol–water partition coefficient (Wildman–Crippen LogP) is 5.98. The number of carboxylic acids is 1. The summed E-state index contributed by atoms with van der Waals surface area (Å²) in [6, 6.07) is 9.44. The van der Waals surface area contributed by atoms with Gasteiger partial charge in [-0.05, 0) is 62.8 Å². The largest absolute Gasteiger partial charge is 0.573 e. The second kappa shape index (κ2) is 10.7. The summed E-state index contributed by atoms with van der Waals surface area (Å²) in [5, 5.41) is 21.6. The monoisotopic (exact) mass is 597 g/mol. The van der Waals surface area contributed by atoms with E-state index in [1.165, 1.54) is 36.5 Å². The van der Waals surface area contributed by atoms with Gasteiger partial charge in [0.15, 0.2) is 0 Å². The maximum absolute atomic E-state index is 13.1. The third-order valence-corrected chi connectivity index (χ3v) is 8.15. The van der Waals surface area contributed by atoms with E-state index in [4.69, 9.17) is 18.8 Å². The summed E-state index contributed by atoms with van der Waals surface area (Å²) in [7, 11) is 0. The average molecular weight is 598 g/mol. The molecule has 3 atom stereocenters. The molecule has 224 valence electrons. The molecule has 5 heterocycles. The first-order valence-corrected chi connectivity index (χ1v) is 14.0. The molecule has 7 rings (SSSR count). The Hall–Kier alpha value is -4.46. The third kappa shape index (κ3) is 5.54. The fourth-order valence-electron chi connectivity index (χ4n) is 6.06. The van der Waals surface area contributed by atoms with Gasteiger partial charge in [0.05, 0.1) is 18.3 Å². The van der Waals surface area contributed by atoms with Crippen molar-refractivity contribution in [1.82, 2.24) is 20.3 Å². The molecule has 2 bridgehead atoms. The summed E-state index contributed by atoms with van der Waals surface area (Å²) in [6.07, 6.45) is 1.39. The Labute approximate surface area is 242 Å². The Morgan fingerprint density at radius 2 is 1.81 bits per heavy atom. The van der Waals surface area contributed by atoms with Gasteiger partial charge in [0, 0.05) is 35.3 Å². The van der Waals surface area contributed by atoms with E-state index < -0.39 is 12.3 Å². The van der Waals surface area contributed by atoms with Gasteiger partial charge in [0.2, 0.25) is 0 Å². The normalized spacial score (nSPS) is 21.7. The van der Waals surface area contributed by atoms with Gasteiger partial charge in [-0.15, -0.1) is 18.3 Å². The third-order valence-electron chi connectivity index (χ3n) is 8.15. The van der Waals surface area contributed by atoms with E-state index in [1.807, 2.05) is 0 Å². The number of aromatic nitrogens is 4. The molecule has 3 fully saturated rings. The lowest BCUT2D eigenvalue weighted by molar-refractivity contribution is -0.274. The van der Waals surface area contributed by atoms with E-state index in [2.05, 4.69) is 30.0 Å². The molecule has 3 aliphatic rings. The van der Waals surface area contributed by atoms with Crippen LogP contribution in [0.15, 0.2) is 51.5 Å². The molecule has 0 amide bonds. The molecule has 2 aliphatic heterocycles. The summed E-state index contributed by atoms with van der Waals surface area (Å²) in [5.41, 5.74) is 1.59. The van der Waals surface area contributed by atoms with Crippen molar-refractivity contribution in [3.05, 3.63) is 59.5 Å². The molecule has 1 unspecified atom stereocenters. The van der Waals surface area contributed by atoms with Gasteiger partial charge in [-0.25, -0.2) is 4.79 Å². The second-order valence-electron chi connectivity index (χ2n) is 11.0. The highest BCUT2D eigenvalue weighted by Crippen LogP contribution is 2.46. The summed E-state index contributed by atoms with van der Waals surface area (Å²) in [5.74, 6) is -0.385. The van der Waals surface area contributed by atoms with Crippen LogP contribution in [0, 0.1) is 0 Å². The molecule has 1 aromatic carbocycles. The first-order chi connectivity index (χ1) is 20.7. The van der Waals surface area contributed by atoms with Crippen LogP contribution in [0.5, 0.6) is 5.75 Å². The van der Waals surface area contributed by atoms with E-state index >= 15 is 0 Å². The van der Waals surface area contributed by atoms with E-state index in [-0.39, 0.29) is 53.5 Å². The van der Waals surface area contributed by atoms with Crippen LogP contribution in [0.3, 0.4) is 0 Å². The molecule has 3 aromatic heterocycles. The number of anilines is 1. The SMILES string of the molecule is O=C(O)c1ccc(-c2nnc(N3[C@@H]4CC[C@H]3CC(OCc3c(-c5ccccc5OC(F)(F)F)noc3C3CC3)C4)o2)nc1. The fourth-order valence-corrected chi connectivity index (χ4v) is 6.06. The van der Waals surface area contributed by atoms with Gasteiger partial charge in [0.1, 0.15) is 22.9 Å². The van der Waals surface area contributed by atoms with Gasteiger partial charge < -0.3 is 28.4 Å². The van der Waals surface area contributed by atoms with Crippen molar-refractivity contribution < 1.29 is 41.5 Å². The van der Waals surface area contributed by atoms with Crippen LogP contribution in [-0.4, -0.2) is 56.0 Å². The molecule has 43 heavy (non-hydrogen) atoms. The van der Waals surface area contributed by atoms with Crippen LogP contribution in [-0.2, 0) is 11.3 Å². The molecule has 0 radical (unpaired) electrons. The van der Waals surface area contributed by atoms with Gasteiger partial charge in [-0.1, -0.05) is 22.4 Å². The summed E-state index contributed by atoms with van der Waals surface area (Å²) in [6.45, 7) is 0.151. The van der Waals surface area contributed by atoms with Crippen LogP contribution in [0.25, 0.3) is 22.8 Å². The van der Waals surface area contributed by atoms with E-state index in [1.54, 1.807) is 6.07 Å². The zero-order valence-electron chi connectivity index (χ0n) is 22.7. The van der Waals surface area contributed by atoms with E-state index in [9.17, 15) is 18.0 Å². The van der Waals surface area contributed by atoms with Crippen molar-refractivity contribution in [2.75, 3.05) is 4.90 Å². The highest BCUT2D eigenvalue weighted by Gasteiger charge is 2.44. The van der Waals surface area contributed by atoms with Crippen LogP contribution < -0.4 is 9.64 Å². The second-order valence-corrected chi connectivity index (χ2v) is 11.0. The Morgan fingerprint density at radius 3 is 2.49 bits per heavy atom. The lowest BCUT2D eigenvalue weighted by Crippen LogP contribution is -2.45. The average Bonchev–Trinajstić information content (AvgIpc) is 3.44. The molecule has 14 heteroatoms. The molecular weight excluding hydrogens is 571 g/mol. The summed E-state index contributed by atoms with van der Waals surface area (Å²) < 4.78 is 61.6. The number of rotatable bonds is 9. The number of pyridine rings is 1. The summed E-state index contributed by atoms with van der Waals surface area (Å²) >= 11 is 0. The number of halogens is 3. The minimum absolute atomic E-state index is 0.0602. The molecular formula is C29H26F3N5O6. The smallest absolute Gasteiger partial charge is 0.478 e. The highest BCUT2D eigenvalue weighted by molar-refractivity contribution is 5.87. The molecule has 2 saturated heterocycles. The van der Waals surface area contributed by atoms with Crippen molar-refractivity contribution in [1.29, 1.82) is 0 Å². The fraction of sp³-hybridized carbons (Fsp3) is 0.414. The van der Waals surface area contributed by atoms with Crippen LogP contribution in [0.2, 0.25) is 0 Å². The first kappa shape index (κ1) is 27.4. The van der Waals surface area contributed by atoms with Crippen LogP contribution in [0.1, 0.15) is 66.1 Å². The van der Waals surface area contributed by atoms with Crippen molar-refractivity contribution in [2.45, 2.75) is 75.6 Å². The molecule has 11 nitrogen and oxygen atoms in total. The number of carbonyl (C=O) groups is 1. The molecule has 0 spiro atoms. The Morgan fingerprint density at radius 1 is 1.05 bits per heavy atom. The molecule has 1 saturated carbocycles. The quantitative estimate of drug-likeness (QED) is 0.244. The van der Waals surface area contributed by atoms with Crippen molar-refractivity contribution in [2.24, 2.45) is 0 Å². The van der Waals surface area contributed by atoms with E-state index in [0.29, 0.717) is 41.6 Å². The maximum atomic E-state index is 13.1. The number of fused-ring (bicyclic) bond motifs is 2. The number of aromatic carboxylic acids is 1. The number of alkyl halides is 3. The number of ether oxygens (including phenoxy) is 2. The topological polar surface area (TPSA) is 137 Å². The van der Waals surface area contributed by atoms with E-state index in [0.717, 1.165) is 25.7 Å². The number of para-hydroxylation sites is 1. The van der Waals surface area contributed by atoms with Crippen LogP contribution in [0.4, 0.5) is 19.2 Å². The minimum atomic E-state index is -4.84. The van der Waals surface area contributed by atoms with Gasteiger partial charge in [0.25, 0.3) is 5.89 Å². The zero-order chi connectivity index (χ0) is 29.7. The van der Waals surface area contributed by atoms with Gasteiger partial charge >= 0.3 is 18.3 Å². The Balaban J connectivity index is 1.06. The lowest BCUT2D eigenvalue weighted by Gasteiger charge is -2.37. The predicted molar refractivity (Wildman–Crippen MR) is 142 cm³/mol. The highest BCUT2D eigenvalue weighted by atomic mass is 19.4. The number of nitrogens with zero attached hydrogens (tertiary/aromatic N) is 5. The van der Waals surface area contributed by atoms with Gasteiger partial charge in [-0.2, -0.15) is 0 Å². The van der Waals surface area contributed by atoms with Gasteiger partial charge in [-0.3, -0.25) is 4.98 Å². The Bertz CT molecular complexity index is 1620. The van der Waals surface area contributed by atoms with Crippen molar-refractivity contribution >= 4 is 12.0 Å². The van der Waals surface area contributed by atoms with Crippen LogP contribution >= 0.6 is 0 Å². The number of benzene rings is 1. The maximum Gasteiger partial charge on any atom is 0.573 e. The number of hydrogen-bond donors (Lipinski definition) is 1. The number of hydrogen-bond acceptors (Lipinski definition) is 10. The minimum Gasteiger partial charge on any atom is -0.478 e. The standard InChI is InChI=1S/C29H26F3N5O6/c30-29(31,32)42-23-4-2-1-3-20(23)24-21(25(43-36-24)15-5-6-15)14-40-19-11-17-8-9-18(12-19)37(17)28-35-34-26(41-28)22-10-7-16(13-33-22)27(38)39/h1-4,7,10,13,15,17-19H,5-6,8-9,11-12,14H2,(H,38,39)/t17-,18+,19?. The van der Waals surface area contributed by atoms with Crippen molar-refractivity contribution in [3.8, 4) is 28.6 Å². The zero-order valence-corrected chi connectivity index (χ0v) is 22.7. The number of carboxylic acid groups (broad SMARTS) is 1. The number of piperidine rings is 1. The Kier molecular flexibility index (Phi) is 6.79. The first-order valence-electron chi connectivity index (χ1n) is 14.0. The lowest BCUT2D eigenvalue weighted by atomic mass is 9.99. The molecule has 1 N–H and O–H groups in total. The molecule has 1 aliphatic carbocycles. The summed E-state index contributed by atoms with van der Waals surface area (Å²) in [4.78, 5) is 17.4. The molecule has 4 aromatic rings.